The van der Waals surface area contributed by atoms with E-state index in [-0.39, 0.29) is 13.9 Å². The van der Waals surface area contributed by atoms with Crippen molar-refractivity contribution in [3.8, 4) is 0 Å². The Morgan fingerprint density at radius 2 is 2.83 bits per heavy atom. The van der Waals surface area contributed by atoms with Crippen LogP contribution in [0.3, 0.4) is 0 Å². The van der Waals surface area contributed by atoms with Crippen LogP contribution in [0, 0.1) is 0 Å². The van der Waals surface area contributed by atoms with Gasteiger partial charge in [-0.2, -0.15) is 0 Å². The van der Waals surface area contributed by atoms with Gasteiger partial charge in [0, 0.05) is 0 Å². The van der Waals surface area contributed by atoms with E-state index in [1.807, 2.05) is 11.8 Å². The van der Waals surface area contributed by atoms with Gasteiger partial charge in [-0.1, -0.05) is 0 Å². The number of hydrogen-bond acceptors (Lipinski definition) is 1. The van der Waals surface area contributed by atoms with E-state index in [1.54, 1.807) is 5.32 Å². The summed E-state index contributed by atoms with van der Waals surface area (Å²) in [5, 5.41) is 3.86. The van der Waals surface area contributed by atoms with Crippen molar-refractivity contribution < 1.29 is 0 Å². The Bertz CT molecular complexity index is 99.7. The number of thioether (sulfide) groups is 1. The van der Waals surface area contributed by atoms with Gasteiger partial charge in [0.05, 0.1) is 0 Å². The normalized spacial score (nSPS) is 49.3. The first-order valence-electron chi connectivity index (χ1n) is 1.97. The SMILES string of the molecule is C1=C[Se+]2CC2S1. The average molecular weight is 164 g/mol. The van der Waals surface area contributed by atoms with Crippen molar-refractivity contribution in [3.63, 3.8) is 0 Å². The molecule has 0 radical (unpaired) electrons. The molecule has 2 aliphatic rings. The molecule has 0 aromatic heterocycles. The van der Waals surface area contributed by atoms with E-state index in [2.05, 4.69) is 10.4 Å². The van der Waals surface area contributed by atoms with Crippen molar-refractivity contribution in [2.75, 3.05) is 0 Å². The van der Waals surface area contributed by atoms with Gasteiger partial charge in [-0.25, -0.2) is 0 Å². The standard InChI is InChI=1S/C4H5SSe/c1-2-6-3-4(6)5-1/h1-2,4H,3H2/q+1. The van der Waals surface area contributed by atoms with E-state index < -0.39 is 0 Å². The molecular weight excluding hydrogens is 159 g/mol. The number of rotatable bonds is 0. The number of fused-ring (bicyclic) bond motifs is 1. The molecule has 2 heteroatoms. The van der Waals surface area contributed by atoms with Gasteiger partial charge in [0.25, 0.3) is 0 Å². The Hall–Kier alpha value is 0.609. The Morgan fingerprint density at radius 1 is 1.83 bits per heavy atom. The zero-order chi connectivity index (χ0) is 3.98. The summed E-state index contributed by atoms with van der Waals surface area (Å²) in [4.78, 5) is 2.44. The van der Waals surface area contributed by atoms with Gasteiger partial charge in [0.15, 0.2) is 0 Å². The minimum absolute atomic E-state index is 0.00926. The van der Waals surface area contributed by atoms with Crippen molar-refractivity contribution in [3.05, 3.63) is 10.4 Å². The van der Waals surface area contributed by atoms with Crippen LogP contribution in [0.1, 0.15) is 0 Å². The summed E-state index contributed by atoms with van der Waals surface area (Å²) in [5.41, 5.74) is 0. The molecule has 6 heavy (non-hydrogen) atoms. The van der Waals surface area contributed by atoms with Crippen molar-refractivity contribution in [2.24, 2.45) is 0 Å². The topological polar surface area (TPSA) is 0 Å². The van der Waals surface area contributed by atoms with Crippen LogP contribution in [0.25, 0.3) is 0 Å². The average Bonchev–Trinajstić information content (AvgIpc) is 2.17. The predicted molar refractivity (Wildman–Crippen MR) is 31.1 cm³/mol. The zero-order valence-corrected chi connectivity index (χ0v) is 5.79. The summed E-state index contributed by atoms with van der Waals surface area (Å²) in [6.45, 7) is 0. The van der Waals surface area contributed by atoms with Crippen molar-refractivity contribution in [2.45, 2.75) is 9.47 Å². The molecule has 2 rings (SSSR count). The third kappa shape index (κ3) is 0.378. The number of hydrogen-bond donors (Lipinski definition) is 0. The summed E-state index contributed by atoms with van der Waals surface area (Å²) in [5.74, 6) is 0. The monoisotopic (exact) mass is 165 g/mol. The summed E-state index contributed by atoms with van der Waals surface area (Å²) in [6, 6.07) is 0. The van der Waals surface area contributed by atoms with Gasteiger partial charge in [-0.15, -0.1) is 0 Å². The summed E-state index contributed by atoms with van der Waals surface area (Å²) < 4.78 is 1.14. The van der Waals surface area contributed by atoms with Gasteiger partial charge in [0.1, 0.15) is 0 Å². The molecule has 0 aromatic rings. The molecular formula is C4H5SSe+. The van der Waals surface area contributed by atoms with Crippen molar-refractivity contribution in [1.82, 2.24) is 0 Å². The minimum atomic E-state index is 0.00926. The molecule has 32 valence electrons. The van der Waals surface area contributed by atoms with Crippen LogP contribution < -0.4 is 0 Å². The predicted octanol–water partition coefficient (Wildman–Crippen LogP) is 1.20. The summed E-state index contributed by atoms with van der Waals surface area (Å²) in [6.07, 6.45) is 0. The Balaban J connectivity index is 2.26. The first-order chi connectivity index (χ1) is 2.97. The fourth-order valence-corrected chi connectivity index (χ4v) is 7.37. The second-order valence-electron chi connectivity index (χ2n) is 1.47. The van der Waals surface area contributed by atoms with Gasteiger partial charge in [-0.05, 0) is 0 Å². The fraction of sp³-hybridized carbons (Fsp3) is 0.500. The van der Waals surface area contributed by atoms with Crippen LogP contribution in [0.15, 0.2) is 10.4 Å². The summed E-state index contributed by atoms with van der Waals surface area (Å²) >= 11 is 2.06. The maximum absolute atomic E-state index is 2.44. The van der Waals surface area contributed by atoms with E-state index in [9.17, 15) is 0 Å². The van der Waals surface area contributed by atoms with Crippen LogP contribution in [-0.2, 0) is 0 Å². The molecule has 0 spiro atoms. The first kappa shape index (κ1) is 3.59. The van der Waals surface area contributed by atoms with E-state index in [0.29, 0.717) is 0 Å². The molecule has 0 nitrogen and oxygen atoms in total. The molecule has 2 aliphatic heterocycles. The van der Waals surface area contributed by atoms with E-state index in [1.165, 1.54) is 0 Å². The van der Waals surface area contributed by atoms with Crippen molar-refractivity contribution >= 4 is 25.7 Å². The zero-order valence-electron chi connectivity index (χ0n) is 3.26. The third-order valence-electron chi connectivity index (χ3n) is 1.01. The van der Waals surface area contributed by atoms with Gasteiger partial charge >= 0.3 is 45.5 Å². The van der Waals surface area contributed by atoms with Gasteiger partial charge in [-0.3, -0.25) is 0 Å². The van der Waals surface area contributed by atoms with Gasteiger partial charge < -0.3 is 0 Å². The molecule has 0 bridgehead atoms. The van der Waals surface area contributed by atoms with Crippen LogP contribution in [0.2, 0.25) is 5.32 Å². The van der Waals surface area contributed by atoms with Crippen LogP contribution in [0.5, 0.6) is 0 Å². The van der Waals surface area contributed by atoms with Crippen molar-refractivity contribution in [1.29, 1.82) is 0 Å². The third-order valence-corrected chi connectivity index (χ3v) is 8.02. The molecule has 1 fully saturated rings. The fourth-order valence-electron chi connectivity index (χ4n) is 0.563. The van der Waals surface area contributed by atoms with Crippen LogP contribution in [-0.4, -0.2) is 18.0 Å². The summed E-state index contributed by atoms with van der Waals surface area (Å²) in [7, 11) is 0. The molecule has 0 aliphatic carbocycles. The maximum atomic E-state index is 2.44. The van der Waals surface area contributed by atoms with E-state index >= 15 is 0 Å². The second kappa shape index (κ2) is 1.06. The van der Waals surface area contributed by atoms with Crippen LogP contribution in [0.4, 0.5) is 0 Å². The van der Waals surface area contributed by atoms with E-state index in [4.69, 9.17) is 0 Å². The Morgan fingerprint density at radius 3 is 3.00 bits per heavy atom. The Kier molecular flexibility index (Phi) is 0.634. The quantitative estimate of drug-likeness (QED) is 0.485. The Labute approximate surface area is 45.9 Å². The van der Waals surface area contributed by atoms with E-state index in [0.717, 1.165) is 4.15 Å². The van der Waals surface area contributed by atoms with Gasteiger partial charge in [0.2, 0.25) is 0 Å². The molecule has 0 amide bonds. The molecule has 2 unspecified atom stereocenters. The first-order valence-corrected chi connectivity index (χ1v) is 6.11. The molecule has 1 saturated heterocycles. The molecule has 0 N–H and O–H groups in total. The second-order valence-corrected chi connectivity index (χ2v) is 7.69. The molecule has 2 atom stereocenters. The van der Waals surface area contributed by atoms with Crippen LogP contribution >= 0.6 is 11.8 Å². The molecule has 0 saturated carbocycles. The molecule has 0 aromatic carbocycles. The molecule has 2 heterocycles.